The highest BCUT2D eigenvalue weighted by molar-refractivity contribution is 5.28. The first-order chi connectivity index (χ1) is 10.3. The molecule has 0 radical (unpaired) electrons. The maximum Gasteiger partial charge on any atom is 0.200 e. The van der Waals surface area contributed by atoms with Gasteiger partial charge >= 0.3 is 0 Å². The van der Waals surface area contributed by atoms with Gasteiger partial charge in [0.25, 0.3) is 0 Å². The molecule has 0 unspecified atom stereocenters. The summed E-state index contributed by atoms with van der Waals surface area (Å²) in [6, 6.07) is -0.927. The van der Waals surface area contributed by atoms with Gasteiger partial charge in [0.15, 0.2) is 23.3 Å². The Labute approximate surface area is 125 Å². The van der Waals surface area contributed by atoms with E-state index in [2.05, 4.69) is 11.9 Å². The van der Waals surface area contributed by atoms with Gasteiger partial charge in [-0.05, 0) is 13.3 Å². The van der Waals surface area contributed by atoms with E-state index in [0.29, 0.717) is 31.8 Å². The number of hydrogen-bond donors (Lipinski definition) is 1. The van der Waals surface area contributed by atoms with E-state index in [1.165, 1.54) is 0 Å². The first-order valence-corrected chi connectivity index (χ1v) is 6.95. The standard InChI is InChI=1S/C15H17F5N2/c1-8(2)7-9(22-5-3-21-4-6-22)10-11(16)13(18)15(20)14(19)12(10)17/h9,21H,1,3-7H2,2H3/t9-/m0/s1. The third kappa shape index (κ3) is 3.15. The van der Waals surface area contributed by atoms with Gasteiger partial charge in [0.2, 0.25) is 5.82 Å². The van der Waals surface area contributed by atoms with E-state index in [9.17, 15) is 22.0 Å². The summed E-state index contributed by atoms with van der Waals surface area (Å²) in [5, 5.41) is 3.08. The fourth-order valence-corrected chi connectivity index (χ4v) is 2.65. The van der Waals surface area contributed by atoms with Crippen LogP contribution in [0, 0.1) is 29.1 Å². The van der Waals surface area contributed by atoms with Crippen molar-refractivity contribution in [3.8, 4) is 0 Å². The molecule has 1 heterocycles. The second kappa shape index (κ2) is 6.75. The van der Waals surface area contributed by atoms with Crippen LogP contribution >= 0.6 is 0 Å². The summed E-state index contributed by atoms with van der Waals surface area (Å²) >= 11 is 0. The smallest absolute Gasteiger partial charge is 0.200 e. The van der Waals surface area contributed by atoms with Crippen molar-refractivity contribution in [2.45, 2.75) is 19.4 Å². The van der Waals surface area contributed by atoms with E-state index >= 15 is 0 Å². The highest BCUT2D eigenvalue weighted by atomic mass is 19.2. The molecule has 122 valence electrons. The van der Waals surface area contributed by atoms with Crippen LogP contribution in [0.1, 0.15) is 24.9 Å². The molecule has 2 rings (SSSR count). The van der Waals surface area contributed by atoms with Gasteiger partial charge in [-0.1, -0.05) is 5.57 Å². The SMILES string of the molecule is C=C(C)C[C@@H](c1c(F)c(F)c(F)c(F)c1F)N1CCNCC1. The largest absolute Gasteiger partial charge is 0.314 e. The predicted octanol–water partition coefficient (Wildman–Crippen LogP) is 3.29. The zero-order chi connectivity index (χ0) is 16.4. The molecule has 0 bridgehead atoms. The average molecular weight is 320 g/mol. The van der Waals surface area contributed by atoms with Gasteiger partial charge in [0, 0.05) is 37.8 Å². The van der Waals surface area contributed by atoms with Gasteiger partial charge in [-0.15, -0.1) is 6.58 Å². The van der Waals surface area contributed by atoms with Crippen LogP contribution in [0.3, 0.4) is 0 Å². The minimum absolute atomic E-state index is 0.123. The quantitative estimate of drug-likeness (QED) is 0.396. The topological polar surface area (TPSA) is 15.3 Å². The van der Waals surface area contributed by atoms with Crippen LogP contribution in [0.25, 0.3) is 0 Å². The number of hydrogen-bond acceptors (Lipinski definition) is 2. The van der Waals surface area contributed by atoms with Gasteiger partial charge in [0.05, 0.1) is 0 Å². The molecule has 0 spiro atoms. The maximum absolute atomic E-state index is 14.1. The Morgan fingerprint density at radius 1 is 1.00 bits per heavy atom. The van der Waals surface area contributed by atoms with E-state index in [-0.39, 0.29) is 6.42 Å². The van der Waals surface area contributed by atoms with Crippen LogP contribution in [0.15, 0.2) is 12.2 Å². The van der Waals surface area contributed by atoms with Crippen molar-refractivity contribution >= 4 is 0 Å². The summed E-state index contributed by atoms with van der Waals surface area (Å²) in [7, 11) is 0. The van der Waals surface area contributed by atoms with Crippen molar-refractivity contribution in [3.63, 3.8) is 0 Å². The number of rotatable bonds is 4. The molecule has 1 saturated heterocycles. The fourth-order valence-electron chi connectivity index (χ4n) is 2.65. The molecule has 1 aromatic rings. The van der Waals surface area contributed by atoms with Crippen LogP contribution in [0.2, 0.25) is 0 Å². The molecule has 22 heavy (non-hydrogen) atoms. The lowest BCUT2D eigenvalue weighted by Gasteiger charge is -2.35. The second-order valence-electron chi connectivity index (χ2n) is 5.45. The second-order valence-corrected chi connectivity index (χ2v) is 5.45. The van der Waals surface area contributed by atoms with Gasteiger partial charge in [-0.3, -0.25) is 4.90 Å². The van der Waals surface area contributed by atoms with Gasteiger partial charge < -0.3 is 5.32 Å². The molecule has 1 aromatic carbocycles. The van der Waals surface area contributed by atoms with E-state index in [1.54, 1.807) is 11.8 Å². The molecule has 1 aliphatic rings. The first-order valence-electron chi connectivity index (χ1n) is 6.95. The van der Waals surface area contributed by atoms with Crippen LogP contribution in [-0.4, -0.2) is 31.1 Å². The van der Waals surface area contributed by atoms with Gasteiger partial charge in [0.1, 0.15) is 0 Å². The Kier molecular flexibility index (Phi) is 5.18. The molecule has 0 saturated carbocycles. The van der Waals surface area contributed by atoms with Crippen molar-refractivity contribution in [2.75, 3.05) is 26.2 Å². The molecule has 1 fully saturated rings. The van der Waals surface area contributed by atoms with E-state index in [0.717, 1.165) is 0 Å². The van der Waals surface area contributed by atoms with E-state index in [4.69, 9.17) is 0 Å². The fraction of sp³-hybridized carbons (Fsp3) is 0.467. The monoisotopic (exact) mass is 320 g/mol. The molecule has 0 aliphatic carbocycles. The first kappa shape index (κ1) is 16.9. The van der Waals surface area contributed by atoms with Crippen molar-refractivity contribution in [2.24, 2.45) is 0 Å². The highest BCUT2D eigenvalue weighted by Gasteiger charge is 2.33. The Bertz CT molecular complexity index is 553. The maximum atomic E-state index is 14.1. The average Bonchev–Trinajstić information content (AvgIpc) is 2.50. The number of nitrogens with zero attached hydrogens (tertiary/aromatic N) is 1. The van der Waals surface area contributed by atoms with E-state index in [1.807, 2.05) is 0 Å². The summed E-state index contributed by atoms with van der Waals surface area (Å²) in [5.74, 6) is -9.47. The van der Waals surface area contributed by atoms with Crippen LogP contribution < -0.4 is 5.32 Å². The van der Waals surface area contributed by atoms with Crippen LogP contribution in [0.4, 0.5) is 22.0 Å². The number of piperazine rings is 1. The molecule has 7 heteroatoms. The van der Waals surface area contributed by atoms with E-state index < -0.39 is 40.7 Å². The number of halogens is 5. The highest BCUT2D eigenvalue weighted by Crippen LogP contribution is 2.34. The molecular formula is C15H17F5N2. The zero-order valence-corrected chi connectivity index (χ0v) is 12.2. The lowest BCUT2D eigenvalue weighted by molar-refractivity contribution is 0.163. The minimum Gasteiger partial charge on any atom is -0.314 e. The Morgan fingerprint density at radius 2 is 1.45 bits per heavy atom. The summed E-state index contributed by atoms with van der Waals surface area (Å²) in [5.41, 5.74) is -0.172. The van der Waals surface area contributed by atoms with Gasteiger partial charge in [-0.2, -0.15) is 0 Å². The summed E-state index contributed by atoms with van der Waals surface area (Å²) in [6.45, 7) is 7.42. The van der Waals surface area contributed by atoms with Crippen LogP contribution in [-0.2, 0) is 0 Å². The normalized spacial score (nSPS) is 17.5. The lowest BCUT2D eigenvalue weighted by atomic mass is 9.96. The molecule has 1 N–H and O–H groups in total. The van der Waals surface area contributed by atoms with Crippen LogP contribution in [0.5, 0.6) is 0 Å². The molecule has 0 aromatic heterocycles. The van der Waals surface area contributed by atoms with Crippen molar-refractivity contribution < 1.29 is 22.0 Å². The van der Waals surface area contributed by atoms with Gasteiger partial charge in [-0.25, -0.2) is 22.0 Å². The van der Waals surface area contributed by atoms with Crippen molar-refractivity contribution in [1.82, 2.24) is 10.2 Å². The molecule has 0 amide bonds. The Hall–Kier alpha value is -1.47. The third-order valence-corrected chi connectivity index (χ3v) is 3.71. The third-order valence-electron chi connectivity index (χ3n) is 3.71. The predicted molar refractivity (Wildman–Crippen MR) is 72.8 cm³/mol. The molecular weight excluding hydrogens is 303 g/mol. The lowest BCUT2D eigenvalue weighted by Crippen LogP contribution is -2.45. The number of benzene rings is 1. The zero-order valence-electron chi connectivity index (χ0n) is 12.2. The Balaban J connectivity index is 2.53. The molecule has 1 aliphatic heterocycles. The van der Waals surface area contributed by atoms with Crippen molar-refractivity contribution in [1.29, 1.82) is 0 Å². The molecule has 1 atom stereocenters. The summed E-state index contributed by atoms with van der Waals surface area (Å²) < 4.78 is 68.2. The minimum atomic E-state index is -2.13. The summed E-state index contributed by atoms with van der Waals surface area (Å²) in [4.78, 5) is 1.71. The summed E-state index contributed by atoms with van der Waals surface area (Å²) in [6.07, 6.45) is 0.123. The molecule has 2 nitrogen and oxygen atoms in total. The Morgan fingerprint density at radius 3 is 1.91 bits per heavy atom. The number of nitrogens with one attached hydrogen (secondary N) is 1. The van der Waals surface area contributed by atoms with Crippen molar-refractivity contribution in [3.05, 3.63) is 46.8 Å².